The number of carbonyl (C=O) groups is 2. The van der Waals surface area contributed by atoms with Gasteiger partial charge in [-0.15, -0.1) is 0 Å². The summed E-state index contributed by atoms with van der Waals surface area (Å²) in [6.07, 6.45) is 1.32. The zero-order valence-electron chi connectivity index (χ0n) is 18.3. The molecule has 0 radical (unpaired) electrons. The second kappa shape index (κ2) is 10.6. The number of amides is 3. The van der Waals surface area contributed by atoms with Crippen LogP contribution in [-0.2, 0) is 0 Å². The summed E-state index contributed by atoms with van der Waals surface area (Å²) in [6.45, 7) is 1.30. The third kappa shape index (κ3) is 5.88. The van der Waals surface area contributed by atoms with E-state index in [9.17, 15) is 24.1 Å². The van der Waals surface area contributed by atoms with Gasteiger partial charge in [-0.3, -0.25) is 14.9 Å². The Morgan fingerprint density at radius 3 is 2.30 bits per heavy atom. The maximum atomic E-state index is 13.0. The van der Waals surface area contributed by atoms with Crippen molar-refractivity contribution >= 4 is 23.3 Å². The van der Waals surface area contributed by atoms with Crippen molar-refractivity contribution in [3.63, 3.8) is 0 Å². The van der Waals surface area contributed by atoms with Crippen molar-refractivity contribution in [2.24, 2.45) is 5.92 Å². The maximum Gasteiger partial charge on any atom is 0.321 e. The van der Waals surface area contributed by atoms with E-state index in [2.05, 4.69) is 10.6 Å². The number of carbonyl (C=O) groups excluding carboxylic acids is 2. The Labute approximate surface area is 189 Å². The first kappa shape index (κ1) is 23.8. The van der Waals surface area contributed by atoms with Gasteiger partial charge in [-0.2, -0.15) is 0 Å². The molecule has 3 amide bonds. The first-order chi connectivity index (χ1) is 15.8. The second-order valence-electron chi connectivity index (χ2n) is 7.56. The van der Waals surface area contributed by atoms with Gasteiger partial charge in [0.15, 0.2) is 11.5 Å². The van der Waals surface area contributed by atoms with Gasteiger partial charge in [0, 0.05) is 31.4 Å². The molecule has 1 saturated heterocycles. The van der Waals surface area contributed by atoms with Gasteiger partial charge in [0.1, 0.15) is 11.4 Å². The van der Waals surface area contributed by atoms with Crippen molar-refractivity contribution < 1.29 is 28.4 Å². The van der Waals surface area contributed by atoms with Crippen LogP contribution in [0.25, 0.3) is 0 Å². The molecule has 0 aromatic heterocycles. The molecule has 1 aliphatic heterocycles. The van der Waals surface area contributed by atoms with Gasteiger partial charge in [-0.25, -0.2) is 9.18 Å². The molecule has 0 aliphatic carbocycles. The molecule has 0 unspecified atom stereocenters. The number of ether oxygens (including phenoxy) is 2. The molecule has 0 spiro atoms. The predicted molar refractivity (Wildman–Crippen MR) is 118 cm³/mol. The molecule has 10 nitrogen and oxygen atoms in total. The van der Waals surface area contributed by atoms with Crippen molar-refractivity contribution in [3.05, 3.63) is 57.9 Å². The zero-order chi connectivity index (χ0) is 24.0. The van der Waals surface area contributed by atoms with Crippen LogP contribution in [0.2, 0.25) is 0 Å². The standard InChI is InChI=1S/C22H25FN4O6/c1-32-19-11-17(18(27(30)31)12-20(19)33-2)21(28)24-13-14-7-9-26(10-8-14)22(29)25-16-5-3-15(23)4-6-16/h3-6,11-12,14H,7-10,13H2,1-2H3,(H,24,28)(H,25,29). The fraction of sp³-hybridized carbons (Fsp3) is 0.364. The lowest BCUT2D eigenvalue weighted by Crippen LogP contribution is -2.43. The molecule has 2 N–H and O–H groups in total. The van der Waals surface area contributed by atoms with Crippen molar-refractivity contribution in [1.29, 1.82) is 0 Å². The number of urea groups is 1. The lowest BCUT2D eigenvalue weighted by Gasteiger charge is -2.32. The number of methoxy groups -OCH3 is 2. The molecule has 0 saturated carbocycles. The first-order valence-electron chi connectivity index (χ1n) is 10.3. The topological polar surface area (TPSA) is 123 Å². The van der Waals surface area contributed by atoms with Crippen LogP contribution in [0.4, 0.5) is 20.6 Å². The third-order valence-electron chi connectivity index (χ3n) is 5.49. The molecule has 1 heterocycles. The van der Waals surface area contributed by atoms with Gasteiger partial charge in [0.25, 0.3) is 11.6 Å². The number of halogens is 1. The fourth-order valence-corrected chi connectivity index (χ4v) is 3.61. The molecule has 11 heteroatoms. The number of hydrogen-bond donors (Lipinski definition) is 2. The third-order valence-corrected chi connectivity index (χ3v) is 5.49. The average molecular weight is 460 g/mol. The van der Waals surface area contributed by atoms with Crippen LogP contribution < -0.4 is 20.1 Å². The molecule has 0 bridgehead atoms. The molecule has 2 aromatic carbocycles. The molecular formula is C22H25FN4O6. The van der Waals surface area contributed by atoms with E-state index in [0.717, 1.165) is 6.07 Å². The number of nitrogens with zero attached hydrogens (tertiary/aromatic N) is 2. The number of benzene rings is 2. The summed E-state index contributed by atoms with van der Waals surface area (Å²) in [5.41, 5.74) is 0.0125. The highest BCUT2D eigenvalue weighted by atomic mass is 19.1. The number of hydrogen-bond acceptors (Lipinski definition) is 6. The second-order valence-corrected chi connectivity index (χ2v) is 7.56. The van der Waals surface area contributed by atoms with Crippen molar-refractivity contribution in [2.45, 2.75) is 12.8 Å². The van der Waals surface area contributed by atoms with Crippen molar-refractivity contribution in [2.75, 3.05) is 39.2 Å². The molecule has 0 atom stereocenters. The zero-order valence-corrected chi connectivity index (χ0v) is 18.3. The minimum atomic E-state index is -0.644. The average Bonchev–Trinajstić information content (AvgIpc) is 2.83. The molecule has 176 valence electrons. The summed E-state index contributed by atoms with van der Waals surface area (Å²) in [7, 11) is 2.74. The Balaban J connectivity index is 1.54. The lowest BCUT2D eigenvalue weighted by molar-refractivity contribution is -0.385. The Morgan fingerprint density at radius 1 is 1.12 bits per heavy atom. The van der Waals surface area contributed by atoms with E-state index in [-0.39, 0.29) is 40.5 Å². The predicted octanol–water partition coefficient (Wildman–Crippen LogP) is 3.43. The Bertz CT molecular complexity index is 1020. The summed E-state index contributed by atoms with van der Waals surface area (Å²) in [6, 6.07) is 7.69. The van der Waals surface area contributed by atoms with Crippen LogP contribution in [-0.4, -0.2) is 55.6 Å². The number of nitro benzene ring substituents is 1. The Kier molecular flexibility index (Phi) is 7.65. The summed E-state index contributed by atoms with van der Waals surface area (Å²) in [5.74, 6) is -0.475. The van der Waals surface area contributed by atoms with E-state index in [1.54, 1.807) is 4.90 Å². The number of likely N-dealkylation sites (tertiary alicyclic amines) is 1. The van der Waals surface area contributed by atoms with Crippen LogP contribution in [0.5, 0.6) is 11.5 Å². The number of nitro groups is 1. The van der Waals surface area contributed by atoms with E-state index < -0.39 is 10.8 Å². The van der Waals surface area contributed by atoms with Crippen LogP contribution in [0.15, 0.2) is 36.4 Å². The normalized spacial score (nSPS) is 13.8. The SMILES string of the molecule is COc1cc(C(=O)NCC2CCN(C(=O)Nc3ccc(F)cc3)CC2)c([N+](=O)[O-])cc1OC. The van der Waals surface area contributed by atoms with Gasteiger partial charge in [-0.05, 0) is 43.0 Å². The summed E-state index contributed by atoms with van der Waals surface area (Å²) >= 11 is 0. The minimum Gasteiger partial charge on any atom is -0.493 e. The molecular weight excluding hydrogens is 435 g/mol. The number of anilines is 1. The largest absolute Gasteiger partial charge is 0.493 e. The summed E-state index contributed by atoms with van der Waals surface area (Å²) < 4.78 is 23.2. The molecule has 2 aromatic rings. The Hall–Kier alpha value is -3.89. The molecule has 1 aliphatic rings. The molecule has 1 fully saturated rings. The van der Waals surface area contributed by atoms with Gasteiger partial charge in [-0.1, -0.05) is 0 Å². The monoisotopic (exact) mass is 460 g/mol. The van der Waals surface area contributed by atoms with Crippen LogP contribution in [0.3, 0.4) is 0 Å². The lowest BCUT2D eigenvalue weighted by atomic mass is 9.97. The smallest absolute Gasteiger partial charge is 0.321 e. The van der Waals surface area contributed by atoms with E-state index in [4.69, 9.17) is 9.47 Å². The minimum absolute atomic E-state index is 0.114. The highest BCUT2D eigenvalue weighted by molar-refractivity contribution is 5.99. The number of rotatable bonds is 7. The van der Waals surface area contributed by atoms with E-state index >= 15 is 0 Å². The molecule has 33 heavy (non-hydrogen) atoms. The summed E-state index contributed by atoms with van der Waals surface area (Å²) in [5, 5.41) is 16.9. The highest BCUT2D eigenvalue weighted by Crippen LogP contribution is 2.34. The fourth-order valence-electron chi connectivity index (χ4n) is 3.61. The molecule has 3 rings (SSSR count). The Morgan fingerprint density at radius 2 is 1.73 bits per heavy atom. The van der Waals surface area contributed by atoms with Crippen LogP contribution >= 0.6 is 0 Å². The van der Waals surface area contributed by atoms with E-state index in [1.165, 1.54) is 44.6 Å². The maximum absolute atomic E-state index is 13.0. The van der Waals surface area contributed by atoms with E-state index in [1.807, 2.05) is 0 Å². The summed E-state index contributed by atoms with van der Waals surface area (Å²) in [4.78, 5) is 37.5. The van der Waals surface area contributed by atoms with Gasteiger partial charge in [0.05, 0.1) is 25.2 Å². The van der Waals surface area contributed by atoms with Crippen molar-refractivity contribution in [1.82, 2.24) is 10.2 Å². The number of piperidine rings is 1. The number of nitrogens with one attached hydrogen (secondary N) is 2. The first-order valence-corrected chi connectivity index (χ1v) is 10.3. The van der Waals surface area contributed by atoms with Gasteiger partial charge < -0.3 is 25.0 Å². The van der Waals surface area contributed by atoms with Crippen molar-refractivity contribution in [3.8, 4) is 11.5 Å². The van der Waals surface area contributed by atoms with Crippen LogP contribution in [0.1, 0.15) is 23.2 Å². The van der Waals surface area contributed by atoms with Gasteiger partial charge >= 0.3 is 6.03 Å². The van der Waals surface area contributed by atoms with Gasteiger partial charge in [0.2, 0.25) is 0 Å². The quantitative estimate of drug-likeness (QED) is 0.482. The van der Waals surface area contributed by atoms with E-state index in [0.29, 0.717) is 38.2 Å². The highest BCUT2D eigenvalue weighted by Gasteiger charge is 2.27. The van der Waals surface area contributed by atoms with Crippen LogP contribution in [0, 0.1) is 21.8 Å².